The minimum absolute atomic E-state index is 0.0508. The van der Waals surface area contributed by atoms with Crippen LogP contribution < -0.4 is 4.74 Å². The summed E-state index contributed by atoms with van der Waals surface area (Å²) in [6.45, 7) is 10.2. The number of ether oxygens (including phenoxy) is 1. The van der Waals surface area contributed by atoms with E-state index in [2.05, 4.69) is 27.7 Å². The number of likely N-dealkylation sites (tertiary alicyclic amines) is 1. The van der Waals surface area contributed by atoms with E-state index in [9.17, 15) is 14.3 Å². The lowest BCUT2D eigenvalue weighted by Gasteiger charge is -2.23. The Morgan fingerprint density at radius 1 is 1.26 bits per heavy atom. The van der Waals surface area contributed by atoms with Gasteiger partial charge in [-0.3, -0.25) is 4.79 Å². The summed E-state index contributed by atoms with van der Waals surface area (Å²) >= 11 is 0. The second kappa shape index (κ2) is 13.0. The quantitative estimate of drug-likeness (QED) is 0.383. The zero-order valence-electron chi connectivity index (χ0n) is 19.9. The average molecular weight is 436 g/mol. The Labute approximate surface area is 188 Å². The van der Waals surface area contributed by atoms with Crippen molar-refractivity contribution in [2.24, 2.45) is 17.8 Å². The Morgan fingerprint density at radius 2 is 2.03 bits per heavy atom. The summed E-state index contributed by atoms with van der Waals surface area (Å²) in [4.78, 5) is 14.2. The van der Waals surface area contributed by atoms with Crippen molar-refractivity contribution in [1.82, 2.24) is 4.90 Å². The Bertz CT molecular complexity index is 679. The summed E-state index contributed by atoms with van der Waals surface area (Å²) in [5, 5.41) is 9.42. The summed E-state index contributed by atoms with van der Waals surface area (Å²) < 4.78 is 20.4. The zero-order chi connectivity index (χ0) is 22.8. The van der Waals surface area contributed by atoms with Crippen molar-refractivity contribution in [3.05, 3.63) is 29.6 Å². The second-order valence-electron chi connectivity index (χ2n) is 9.73. The van der Waals surface area contributed by atoms with E-state index in [1.54, 1.807) is 11.0 Å². The average Bonchev–Trinajstić information content (AvgIpc) is 3.19. The van der Waals surface area contributed by atoms with Gasteiger partial charge in [0.15, 0.2) is 0 Å². The Balaban J connectivity index is 1.83. The second-order valence-corrected chi connectivity index (χ2v) is 9.73. The van der Waals surface area contributed by atoms with Crippen LogP contribution in [0.1, 0.15) is 89.4 Å². The summed E-state index contributed by atoms with van der Waals surface area (Å²) in [6, 6.07) is 4.29. The molecule has 31 heavy (non-hydrogen) atoms. The van der Waals surface area contributed by atoms with Gasteiger partial charge >= 0.3 is 0 Å². The molecule has 1 heterocycles. The van der Waals surface area contributed by atoms with Crippen LogP contribution in [-0.4, -0.2) is 41.7 Å². The zero-order valence-corrected chi connectivity index (χ0v) is 19.9. The van der Waals surface area contributed by atoms with E-state index in [1.165, 1.54) is 37.8 Å². The lowest BCUT2D eigenvalue weighted by molar-refractivity contribution is 0.0673. The Hall–Kier alpha value is -1.62. The molecule has 1 aliphatic heterocycles. The maximum absolute atomic E-state index is 14.6. The molecule has 0 radical (unpaired) electrons. The first-order chi connectivity index (χ1) is 14.8. The minimum Gasteiger partial charge on any atom is -0.493 e. The molecule has 176 valence electrons. The number of rotatable bonds is 13. The van der Waals surface area contributed by atoms with Crippen molar-refractivity contribution in [3.63, 3.8) is 0 Å². The number of aliphatic hydroxyl groups excluding tert-OH is 1. The van der Waals surface area contributed by atoms with Crippen LogP contribution in [0, 0.1) is 23.6 Å². The summed E-state index contributed by atoms with van der Waals surface area (Å²) in [5.41, 5.74) is 0.0508. The summed E-state index contributed by atoms with van der Waals surface area (Å²) in [7, 11) is 0. The van der Waals surface area contributed by atoms with Crippen LogP contribution in [0.3, 0.4) is 0 Å². The smallest absolute Gasteiger partial charge is 0.257 e. The molecule has 2 unspecified atom stereocenters. The third-order valence-corrected chi connectivity index (χ3v) is 6.35. The molecular weight excluding hydrogens is 393 g/mol. The third-order valence-electron chi connectivity index (χ3n) is 6.35. The van der Waals surface area contributed by atoms with E-state index >= 15 is 0 Å². The molecule has 5 heteroatoms. The molecule has 0 saturated carbocycles. The van der Waals surface area contributed by atoms with Crippen molar-refractivity contribution in [2.75, 3.05) is 19.8 Å². The summed E-state index contributed by atoms with van der Waals surface area (Å²) in [6.07, 6.45) is 8.68. The van der Waals surface area contributed by atoms with Crippen molar-refractivity contribution in [1.29, 1.82) is 0 Å². The number of amides is 1. The van der Waals surface area contributed by atoms with E-state index < -0.39 is 5.82 Å². The molecule has 1 aromatic rings. The van der Waals surface area contributed by atoms with Crippen molar-refractivity contribution >= 4 is 5.91 Å². The first-order valence-corrected chi connectivity index (χ1v) is 12.2. The van der Waals surface area contributed by atoms with Gasteiger partial charge in [-0.1, -0.05) is 40.5 Å². The van der Waals surface area contributed by atoms with Gasteiger partial charge in [0.25, 0.3) is 5.91 Å². The van der Waals surface area contributed by atoms with Crippen LogP contribution in [0.2, 0.25) is 0 Å². The fourth-order valence-corrected chi connectivity index (χ4v) is 5.03. The molecule has 1 amide bonds. The molecule has 0 bridgehead atoms. The van der Waals surface area contributed by atoms with Crippen LogP contribution in [0.15, 0.2) is 18.2 Å². The van der Waals surface area contributed by atoms with Crippen LogP contribution in [0.25, 0.3) is 0 Å². The number of hydrogen-bond acceptors (Lipinski definition) is 3. The van der Waals surface area contributed by atoms with Crippen molar-refractivity contribution in [3.8, 4) is 5.75 Å². The van der Waals surface area contributed by atoms with Gasteiger partial charge in [-0.05, 0) is 68.4 Å². The molecule has 3 atom stereocenters. The molecule has 1 aliphatic rings. The highest BCUT2D eigenvalue weighted by Gasteiger charge is 2.30. The van der Waals surface area contributed by atoms with Gasteiger partial charge in [-0.15, -0.1) is 0 Å². The third kappa shape index (κ3) is 8.10. The van der Waals surface area contributed by atoms with Gasteiger partial charge in [0.05, 0.1) is 24.8 Å². The van der Waals surface area contributed by atoms with E-state index in [-0.39, 0.29) is 24.1 Å². The van der Waals surface area contributed by atoms with Crippen LogP contribution in [0.4, 0.5) is 4.39 Å². The fraction of sp³-hybridized carbons (Fsp3) is 0.731. The predicted molar refractivity (Wildman–Crippen MR) is 124 cm³/mol. The lowest BCUT2D eigenvalue weighted by Crippen LogP contribution is -2.38. The first kappa shape index (κ1) is 25.6. The first-order valence-electron chi connectivity index (χ1n) is 12.2. The van der Waals surface area contributed by atoms with Crippen LogP contribution in [-0.2, 0) is 0 Å². The molecule has 1 aromatic carbocycles. The van der Waals surface area contributed by atoms with E-state index in [4.69, 9.17) is 4.74 Å². The Morgan fingerprint density at radius 3 is 2.68 bits per heavy atom. The van der Waals surface area contributed by atoms with Gasteiger partial charge in [-0.2, -0.15) is 0 Å². The van der Waals surface area contributed by atoms with E-state index in [0.717, 1.165) is 43.4 Å². The summed E-state index contributed by atoms with van der Waals surface area (Å²) in [5.74, 6) is 1.77. The van der Waals surface area contributed by atoms with Crippen LogP contribution in [0.5, 0.6) is 5.75 Å². The van der Waals surface area contributed by atoms with Gasteiger partial charge in [0, 0.05) is 12.6 Å². The molecule has 1 N–H and O–H groups in total. The minimum atomic E-state index is -0.558. The topological polar surface area (TPSA) is 49.8 Å². The normalized spacial score (nSPS) is 18.4. The number of carbonyl (C=O) groups excluding carboxylic acids is 1. The number of aliphatic hydroxyl groups is 1. The lowest BCUT2D eigenvalue weighted by atomic mass is 9.85. The van der Waals surface area contributed by atoms with Crippen molar-refractivity contribution < 1.29 is 19.0 Å². The van der Waals surface area contributed by atoms with Gasteiger partial charge < -0.3 is 14.7 Å². The monoisotopic (exact) mass is 435 g/mol. The maximum Gasteiger partial charge on any atom is 0.257 e. The van der Waals surface area contributed by atoms with Crippen LogP contribution >= 0.6 is 0 Å². The van der Waals surface area contributed by atoms with Crippen molar-refractivity contribution in [2.45, 2.75) is 85.1 Å². The predicted octanol–water partition coefficient (Wildman–Crippen LogP) is 6.07. The molecule has 2 rings (SSSR count). The van der Waals surface area contributed by atoms with Gasteiger partial charge in [0.2, 0.25) is 0 Å². The fourth-order valence-electron chi connectivity index (χ4n) is 5.03. The molecule has 0 aliphatic carbocycles. The molecule has 0 aromatic heterocycles. The number of halogens is 1. The standard InChI is InChI=1S/C26H42FNO3/c1-5-8-21(16-20(4)15-19(2)3)9-7-14-31-23-11-12-24(25(27)17-23)26(30)28-13-6-10-22(28)18-29/h11-12,17,19-22,29H,5-10,13-16,18H2,1-4H3/t20?,21?,22-/m0/s1. The highest BCUT2D eigenvalue weighted by atomic mass is 19.1. The molecule has 4 nitrogen and oxygen atoms in total. The highest BCUT2D eigenvalue weighted by Crippen LogP contribution is 2.27. The van der Waals surface area contributed by atoms with Gasteiger partial charge in [-0.25, -0.2) is 4.39 Å². The number of benzene rings is 1. The molecule has 1 saturated heterocycles. The maximum atomic E-state index is 14.6. The highest BCUT2D eigenvalue weighted by molar-refractivity contribution is 5.95. The van der Waals surface area contributed by atoms with E-state index in [0.29, 0.717) is 18.9 Å². The van der Waals surface area contributed by atoms with E-state index in [1.807, 2.05) is 0 Å². The molecule has 0 spiro atoms. The number of carbonyl (C=O) groups is 1. The molecule has 1 fully saturated rings. The largest absolute Gasteiger partial charge is 0.493 e. The number of hydrogen-bond donors (Lipinski definition) is 1. The Kier molecular flexibility index (Phi) is 10.8. The SMILES string of the molecule is CCCC(CCCOc1ccc(C(=O)N2CCC[C@H]2CO)c(F)c1)CC(C)CC(C)C. The molecular formula is C26H42FNO3. The van der Waals surface area contributed by atoms with Gasteiger partial charge in [0.1, 0.15) is 11.6 Å². The number of nitrogens with zero attached hydrogens (tertiary/aromatic N) is 1.